The van der Waals surface area contributed by atoms with Gasteiger partial charge in [0.05, 0.1) is 0 Å². The van der Waals surface area contributed by atoms with Gasteiger partial charge in [-0.15, -0.1) is 0 Å². The summed E-state index contributed by atoms with van der Waals surface area (Å²) in [7, 11) is 0. The van der Waals surface area contributed by atoms with Crippen LogP contribution < -0.4 is 0 Å². The highest BCUT2D eigenvalue weighted by atomic mass is 15.3. The van der Waals surface area contributed by atoms with Crippen molar-refractivity contribution in [1.82, 2.24) is 19.6 Å². The van der Waals surface area contributed by atoms with Crippen molar-refractivity contribution >= 4 is 0 Å². The van der Waals surface area contributed by atoms with Gasteiger partial charge in [-0.25, -0.2) is 0 Å². The number of rotatable bonds is 4. The van der Waals surface area contributed by atoms with Crippen LogP contribution in [-0.4, -0.2) is 96.1 Å². The van der Waals surface area contributed by atoms with E-state index in [9.17, 15) is 0 Å². The summed E-state index contributed by atoms with van der Waals surface area (Å²) in [5.41, 5.74) is 0.707. The molecule has 0 spiro atoms. The Kier molecular flexibility index (Phi) is 6.38. The molecule has 3 fully saturated rings. The molecule has 0 atom stereocenters. The SMILES string of the molecule is CC(C)(C)N1CCC(CN2CCN(CC3CN(C(C)(C)C)C3)CC2)CC1. The van der Waals surface area contributed by atoms with Gasteiger partial charge in [0.2, 0.25) is 0 Å². The summed E-state index contributed by atoms with van der Waals surface area (Å²) in [4.78, 5) is 10.8. The van der Waals surface area contributed by atoms with E-state index in [0.29, 0.717) is 11.1 Å². The van der Waals surface area contributed by atoms with Gasteiger partial charge in [0, 0.05) is 63.4 Å². The van der Waals surface area contributed by atoms with E-state index in [1.165, 1.54) is 78.3 Å². The van der Waals surface area contributed by atoms with E-state index in [2.05, 4.69) is 61.1 Å². The van der Waals surface area contributed by atoms with Crippen molar-refractivity contribution in [2.45, 2.75) is 65.5 Å². The minimum Gasteiger partial charge on any atom is -0.301 e. The molecule has 3 heterocycles. The van der Waals surface area contributed by atoms with Crippen molar-refractivity contribution < 1.29 is 0 Å². The highest BCUT2D eigenvalue weighted by Crippen LogP contribution is 2.27. The molecule has 152 valence electrons. The average Bonchev–Trinajstić information content (AvgIpc) is 2.50. The topological polar surface area (TPSA) is 13.0 Å². The Morgan fingerprint density at radius 2 is 1.00 bits per heavy atom. The molecule has 0 aromatic rings. The molecule has 0 aromatic carbocycles. The molecule has 0 saturated carbocycles. The van der Waals surface area contributed by atoms with Crippen LogP contribution >= 0.6 is 0 Å². The van der Waals surface area contributed by atoms with Crippen molar-refractivity contribution in [3.05, 3.63) is 0 Å². The Morgan fingerprint density at radius 1 is 0.577 bits per heavy atom. The zero-order chi connectivity index (χ0) is 18.9. The Balaban J connectivity index is 1.30. The van der Waals surface area contributed by atoms with Crippen LogP contribution in [0.15, 0.2) is 0 Å². The lowest BCUT2D eigenvalue weighted by Crippen LogP contribution is -2.59. The van der Waals surface area contributed by atoms with Crippen molar-refractivity contribution in [2.75, 3.05) is 65.4 Å². The fraction of sp³-hybridized carbons (Fsp3) is 1.00. The van der Waals surface area contributed by atoms with Crippen molar-refractivity contribution in [2.24, 2.45) is 11.8 Å². The molecule has 0 unspecified atom stereocenters. The van der Waals surface area contributed by atoms with Crippen molar-refractivity contribution in [3.8, 4) is 0 Å². The molecule has 3 aliphatic rings. The molecule has 26 heavy (non-hydrogen) atoms. The lowest BCUT2D eigenvalue weighted by Gasteiger charge is -2.49. The van der Waals surface area contributed by atoms with Crippen LogP contribution in [0.4, 0.5) is 0 Å². The summed E-state index contributed by atoms with van der Waals surface area (Å²) in [6, 6.07) is 0. The second-order valence-corrected chi connectivity index (χ2v) is 11.1. The fourth-order valence-electron chi connectivity index (χ4n) is 4.90. The molecular formula is C22H44N4. The Labute approximate surface area is 162 Å². The van der Waals surface area contributed by atoms with Gasteiger partial charge in [-0.3, -0.25) is 9.80 Å². The Bertz CT molecular complexity index is 428. The van der Waals surface area contributed by atoms with Crippen LogP contribution in [0.1, 0.15) is 54.4 Å². The van der Waals surface area contributed by atoms with Gasteiger partial charge in [-0.05, 0) is 79.3 Å². The number of likely N-dealkylation sites (tertiary alicyclic amines) is 2. The summed E-state index contributed by atoms with van der Waals surface area (Å²) in [5.74, 6) is 1.83. The first-order valence-corrected chi connectivity index (χ1v) is 11.1. The number of piperidine rings is 1. The van der Waals surface area contributed by atoms with Gasteiger partial charge in [0.25, 0.3) is 0 Å². The minimum absolute atomic E-state index is 0.348. The molecule has 3 saturated heterocycles. The van der Waals surface area contributed by atoms with Crippen LogP contribution in [0.25, 0.3) is 0 Å². The molecule has 4 nitrogen and oxygen atoms in total. The number of nitrogens with zero attached hydrogens (tertiary/aromatic N) is 4. The molecule has 4 heteroatoms. The first kappa shape index (κ1) is 20.6. The van der Waals surface area contributed by atoms with Crippen LogP contribution in [-0.2, 0) is 0 Å². The summed E-state index contributed by atoms with van der Waals surface area (Å²) < 4.78 is 0. The van der Waals surface area contributed by atoms with E-state index in [-0.39, 0.29) is 0 Å². The third-order valence-electron chi connectivity index (χ3n) is 6.97. The monoisotopic (exact) mass is 364 g/mol. The molecule has 0 bridgehead atoms. The van der Waals surface area contributed by atoms with Gasteiger partial charge in [0.1, 0.15) is 0 Å². The Hall–Kier alpha value is -0.160. The van der Waals surface area contributed by atoms with Crippen molar-refractivity contribution in [1.29, 1.82) is 0 Å². The smallest absolute Gasteiger partial charge is 0.0125 e. The molecule has 0 aliphatic carbocycles. The third kappa shape index (κ3) is 5.43. The molecule has 3 rings (SSSR count). The van der Waals surface area contributed by atoms with E-state index in [0.717, 1.165) is 11.8 Å². The summed E-state index contributed by atoms with van der Waals surface area (Å²) in [6.45, 7) is 27.1. The van der Waals surface area contributed by atoms with Gasteiger partial charge in [-0.2, -0.15) is 0 Å². The maximum Gasteiger partial charge on any atom is 0.0125 e. The van der Waals surface area contributed by atoms with Crippen LogP contribution in [0, 0.1) is 11.8 Å². The molecule has 0 aromatic heterocycles. The van der Waals surface area contributed by atoms with Crippen molar-refractivity contribution in [3.63, 3.8) is 0 Å². The quantitative estimate of drug-likeness (QED) is 0.760. The average molecular weight is 365 g/mol. The number of hydrogen-bond donors (Lipinski definition) is 0. The number of hydrogen-bond acceptors (Lipinski definition) is 4. The third-order valence-corrected chi connectivity index (χ3v) is 6.97. The van der Waals surface area contributed by atoms with Crippen LogP contribution in [0.2, 0.25) is 0 Å². The lowest BCUT2D eigenvalue weighted by molar-refractivity contribution is -0.0104. The second-order valence-electron chi connectivity index (χ2n) is 11.1. The van der Waals surface area contributed by atoms with Gasteiger partial charge < -0.3 is 9.80 Å². The molecule has 3 aliphatic heterocycles. The minimum atomic E-state index is 0.348. The largest absolute Gasteiger partial charge is 0.301 e. The summed E-state index contributed by atoms with van der Waals surface area (Å²) >= 11 is 0. The molecule has 0 N–H and O–H groups in total. The van der Waals surface area contributed by atoms with Crippen LogP contribution in [0.3, 0.4) is 0 Å². The van der Waals surface area contributed by atoms with Crippen LogP contribution in [0.5, 0.6) is 0 Å². The van der Waals surface area contributed by atoms with E-state index in [1.807, 2.05) is 0 Å². The first-order chi connectivity index (χ1) is 12.1. The maximum atomic E-state index is 2.75. The van der Waals surface area contributed by atoms with Gasteiger partial charge in [-0.1, -0.05) is 0 Å². The Morgan fingerprint density at radius 3 is 1.42 bits per heavy atom. The first-order valence-electron chi connectivity index (χ1n) is 11.1. The predicted octanol–water partition coefficient (Wildman–Crippen LogP) is 2.84. The molecule has 0 radical (unpaired) electrons. The van der Waals surface area contributed by atoms with Gasteiger partial charge >= 0.3 is 0 Å². The van der Waals surface area contributed by atoms with E-state index in [1.54, 1.807) is 0 Å². The highest BCUT2D eigenvalue weighted by molar-refractivity contribution is 4.91. The van der Waals surface area contributed by atoms with Gasteiger partial charge in [0.15, 0.2) is 0 Å². The van der Waals surface area contributed by atoms with E-state index in [4.69, 9.17) is 0 Å². The molecular weight excluding hydrogens is 320 g/mol. The molecule has 0 amide bonds. The normalized spacial score (nSPS) is 27.0. The highest BCUT2D eigenvalue weighted by Gasteiger charge is 2.35. The zero-order valence-corrected chi connectivity index (χ0v) is 18.4. The maximum absolute atomic E-state index is 2.75. The zero-order valence-electron chi connectivity index (χ0n) is 18.4. The lowest BCUT2D eigenvalue weighted by atomic mass is 9.91. The van der Waals surface area contributed by atoms with E-state index < -0.39 is 0 Å². The van der Waals surface area contributed by atoms with E-state index >= 15 is 0 Å². The summed E-state index contributed by atoms with van der Waals surface area (Å²) in [5, 5.41) is 0. The second kappa shape index (κ2) is 8.06. The predicted molar refractivity (Wildman–Crippen MR) is 112 cm³/mol. The summed E-state index contributed by atoms with van der Waals surface area (Å²) in [6.07, 6.45) is 2.78. The fourth-order valence-corrected chi connectivity index (χ4v) is 4.90. The number of piperazine rings is 1. The standard InChI is InChI=1S/C22H44N4/c1-21(2,3)25-9-7-19(8-10-25)15-23-11-13-24(14-12-23)16-20-17-26(18-20)22(4,5)6/h19-20H,7-18H2,1-6H3.